The SMILES string of the molecule is Cc1cccc2[nH]c(CCc3nc(C4(N)CCC4)no3)nc12.Cl. The smallest absolute Gasteiger partial charge is 0.227 e. The number of nitrogens with zero attached hydrogens (tertiary/aromatic N) is 3. The second kappa shape index (κ2) is 5.94. The summed E-state index contributed by atoms with van der Waals surface area (Å²) in [6.07, 6.45) is 4.43. The lowest BCUT2D eigenvalue weighted by Crippen LogP contribution is -2.44. The maximum Gasteiger partial charge on any atom is 0.227 e. The predicted molar refractivity (Wildman–Crippen MR) is 89.5 cm³/mol. The number of halogens is 1. The third-order valence-corrected chi connectivity index (χ3v) is 4.50. The predicted octanol–water partition coefficient (Wildman–Crippen LogP) is 2.80. The molecule has 1 fully saturated rings. The number of nitrogens with two attached hydrogens (primary N) is 1. The standard InChI is InChI=1S/C16H19N5O.ClH/c1-10-4-2-5-11-14(10)19-12(18-11)6-7-13-20-15(21-22-13)16(17)8-3-9-16;/h2,4-5H,3,6-9,17H2,1H3,(H,18,19);1H. The Morgan fingerprint density at radius 3 is 2.78 bits per heavy atom. The molecule has 4 rings (SSSR count). The fraction of sp³-hybridized carbons (Fsp3) is 0.438. The van der Waals surface area contributed by atoms with Crippen LogP contribution in [0.25, 0.3) is 11.0 Å². The number of benzene rings is 1. The van der Waals surface area contributed by atoms with Gasteiger partial charge < -0.3 is 15.2 Å². The Morgan fingerprint density at radius 2 is 2.09 bits per heavy atom. The fourth-order valence-corrected chi connectivity index (χ4v) is 2.91. The summed E-state index contributed by atoms with van der Waals surface area (Å²) in [5.41, 5.74) is 9.12. The molecule has 0 atom stereocenters. The molecule has 0 radical (unpaired) electrons. The van der Waals surface area contributed by atoms with Crippen LogP contribution in [0.5, 0.6) is 0 Å². The minimum absolute atomic E-state index is 0. The highest BCUT2D eigenvalue weighted by molar-refractivity contribution is 5.85. The molecule has 0 bridgehead atoms. The Labute approximate surface area is 140 Å². The molecule has 23 heavy (non-hydrogen) atoms. The van der Waals surface area contributed by atoms with Crippen molar-refractivity contribution in [1.82, 2.24) is 20.1 Å². The molecule has 1 aromatic carbocycles. The quantitative estimate of drug-likeness (QED) is 0.765. The van der Waals surface area contributed by atoms with Gasteiger partial charge in [-0.3, -0.25) is 0 Å². The molecule has 0 spiro atoms. The third-order valence-electron chi connectivity index (χ3n) is 4.50. The van der Waals surface area contributed by atoms with Gasteiger partial charge in [-0.1, -0.05) is 17.3 Å². The monoisotopic (exact) mass is 333 g/mol. The van der Waals surface area contributed by atoms with Crippen LogP contribution in [0.3, 0.4) is 0 Å². The van der Waals surface area contributed by atoms with Crippen molar-refractivity contribution in [2.24, 2.45) is 5.73 Å². The number of aromatic nitrogens is 4. The molecule has 6 nitrogen and oxygen atoms in total. The first kappa shape index (κ1) is 16.0. The summed E-state index contributed by atoms with van der Waals surface area (Å²) in [6.45, 7) is 2.07. The molecule has 3 aromatic rings. The van der Waals surface area contributed by atoms with E-state index in [0.717, 1.165) is 42.5 Å². The van der Waals surface area contributed by atoms with Gasteiger partial charge in [0, 0.05) is 12.8 Å². The molecule has 2 aromatic heterocycles. The summed E-state index contributed by atoms with van der Waals surface area (Å²) in [5, 5.41) is 4.04. The summed E-state index contributed by atoms with van der Waals surface area (Å²) >= 11 is 0. The fourth-order valence-electron chi connectivity index (χ4n) is 2.91. The van der Waals surface area contributed by atoms with Crippen molar-refractivity contribution in [3.05, 3.63) is 41.3 Å². The van der Waals surface area contributed by atoms with Gasteiger partial charge in [0.2, 0.25) is 5.89 Å². The Balaban J connectivity index is 0.00000156. The third kappa shape index (κ3) is 2.84. The number of para-hydroxylation sites is 1. The van der Waals surface area contributed by atoms with E-state index in [9.17, 15) is 0 Å². The van der Waals surface area contributed by atoms with Crippen LogP contribution in [0.2, 0.25) is 0 Å². The van der Waals surface area contributed by atoms with Gasteiger partial charge in [-0.25, -0.2) is 4.98 Å². The van der Waals surface area contributed by atoms with E-state index < -0.39 is 0 Å². The van der Waals surface area contributed by atoms with Crippen LogP contribution in [0.1, 0.15) is 42.4 Å². The van der Waals surface area contributed by atoms with Crippen LogP contribution in [0.15, 0.2) is 22.7 Å². The van der Waals surface area contributed by atoms with Crippen LogP contribution in [-0.4, -0.2) is 20.1 Å². The topological polar surface area (TPSA) is 93.6 Å². The Morgan fingerprint density at radius 1 is 1.26 bits per heavy atom. The second-order valence-corrected chi connectivity index (χ2v) is 6.18. The molecule has 2 heterocycles. The van der Waals surface area contributed by atoms with E-state index in [4.69, 9.17) is 10.3 Å². The summed E-state index contributed by atoms with van der Waals surface area (Å²) in [4.78, 5) is 12.4. The first-order valence-electron chi connectivity index (χ1n) is 7.70. The zero-order valence-corrected chi connectivity index (χ0v) is 13.8. The summed E-state index contributed by atoms with van der Waals surface area (Å²) < 4.78 is 5.32. The van der Waals surface area contributed by atoms with Gasteiger partial charge >= 0.3 is 0 Å². The van der Waals surface area contributed by atoms with E-state index in [1.165, 1.54) is 5.56 Å². The van der Waals surface area contributed by atoms with Crippen molar-refractivity contribution in [3.8, 4) is 0 Å². The molecule has 122 valence electrons. The van der Waals surface area contributed by atoms with Gasteiger partial charge in [-0.15, -0.1) is 12.4 Å². The van der Waals surface area contributed by atoms with Crippen molar-refractivity contribution in [2.75, 3.05) is 0 Å². The van der Waals surface area contributed by atoms with E-state index in [2.05, 4.69) is 33.1 Å². The molecular formula is C16H20ClN5O. The second-order valence-electron chi connectivity index (χ2n) is 6.18. The molecule has 3 N–H and O–H groups in total. The minimum Gasteiger partial charge on any atom is -0.342 e. The van der Waals surface area contributed by atoms with Crippen molar-refractivity contribution in [1.29, 1.82) is 0 Å². The van der Waals surface area contributed by atoms with Crippen LogP contribution in [0.4, 0.5) is 0 Å². The molecule has 0 unspecified atom stereocenters. The lowest BCUT2D eigenvalue weighted by Gasteiger charge is -2.34. The van der Waals surface area contributed by atoms with Gasteiger partial charge in [0.1, 0.15) is 5.82 Å². The molecule has 0 aliphatic heterocycles. The highest BCUT2D eigenvalue weighted by Crippen LogP contribution is 2.36. The largest absolute Gasteiger partial charge is 0.342 e. The van der Waals surface area contributed by atoms with Crippen molar-refractivity contribution in [2.45, 2.75) is 44.6 Å². The Bertz CT molecular complexity index is 821. The highest BCUT2D eigenvalue weighted by atomic mass is 35.5. The minimum atomic E-state index is -0.363. The Kier molecular flexibility index (Phi) is 4.12. The normalized spacial score (nSPS) is 16.1. The zero-order chi connectivity index (χ0) is 15.2. The van der Waals surface area contributed by atoms with Gasteiger partial charge in [0.15, 0.2) is 5.82 Å². The lowest BCUT2D eigenvalue weighted by atomic mass is 9.77. The number of rotatable bonds is 4. The van der Waals surface area contributed by atoms with Gasteiger partial charge in [0.05, 0.1) is 16.6 Å². The van der Waals surface area contributed by atoms with Crippen molar-refractivity contribution < 1.29 is 4.52 Å². The first-order chi connectivity index (χ1) is 10.6. The van der Waals surface area contributed by atoms with Crippen molar-refractivity contribution in [3.63, 3.8) is 0 Å². The summed E-state index contributed by atoms with van der Waals surface area (Å²) in [5.74, 6) is 2.22. The van der Waals surface area contributed by atoms with Crippen LogP contribution in [-0.2, 0) is 18.4 Å². The average Bonchev–Trinajstić information content (AvgIpc) is 3.10. The maximum absolute atomic E-state index is 6.21. The number of imidazole rings is 1. The van der Waals surface area contributed by atoms with Gasteiger partial charge in [-0.2, -0.15) is 4.98 Å². The number of hydrogen-bond donors (Lipinski definition) is 2. The first-order valence-corrected chi connectivity index (χ1v) is 7.70. The van der Waals surface area contributed by atoms with E-state index in [1.54, 1.807) is 0 Å². The maximum atomic E-state index is 6.21. The molecule has 1 saturated carbocycles. The van der Waals surface area contributed by atoms with Gasteiger partial charge in [0.25, 0.3) is 0 Å². The highest BCUT2D eigenvalue weighted by Gasteiger charge is 2.38. The lowest BCUT2D eigenvalue weighted by molar-refractivity contribution is 0.229. The molecule has 0 saturated heterocycles. The van der Waals surface area contributed by atoms with Crippen molar-refractivity contribution >= 4 is 23.4 Å². The summed E-state index contributed by atoms with van der Waals surface area (Å²) in [6, 6.07) is 6.14. The number of hydrogen-bond acceptors (Lipinski definition) is 5. The number of fused-ring (bicyclic) bond motifs is 1. The Hall–Kier alpha value is -1.92. The summed E-state index contributed by atoms with van der Waals surface area (Å²) in [7, 11) is 0. The molecule has 0 amide bonds. The number of aryl methyl sites for hydroxylation is 3. The number of H-pyrrole nitrogens is 1. The van der Waals surface area contributed by atoms with Crippen LogP contribution < -0.4 is 5.73 Å². The van der Waals surface area contributed by atoms with Crippen LogP contribution in [0, 0.1) is 6.92 Å². The van der Waals surface area contributed by atoms with Crippen LogP contribution >= 0.6 is 12.4 Å². The molecule has 1 aliphatic carbocycles. The van der Waals surface area contributed by atoms with E-state index in [-0.39, 0.29) is 17.9 Å². The van der Waals surface area contributed by atoms with E-state index in [1.807, 2.05) is 12.1 Å². The average molecular weight is 334 g/mol. The number of aromatic amines is 1. The molecular weight excluding hydrogens is 314 g/mol. The number of nitrogens with one attached hydrogen (secondary N) is 1. The molecule has 1 aliphatic rings. The molecule has 7 heteroatoms. The zero-order valence-electron chi connectivity index (χ0n) is 13.0. The van der Waals surface area contributed by atoms with Gasteiger partial charge in [-0.05, 0) is 37.8 Å². The van der Waals surface area contributed by atoms with E-state index in [0.29, 0.717) is 18.1 Å². The van der Waals surface area contributed by atoms with E-state index >= 15 is 0 Å².